The molecule has 0 saturated heterocycles. The molecule has 0 aliphatic rings. The van der Waals surface area contributed by atoms with Crippen molar-refractivity contribution >= 4 is 32.2 Å². The third kappa shape index (κ3) is 5.82. The number of rotatable bonds is 10. The lowest BCUT2D eigenvalue weighted by molar-refractivity contribution is 0.516. The van der Waals surface area contributed by atoms with Crippen LogP contribution in [-0.2, 0) is 20.0 Å². The van der Waals surface area contributed by atoms with Crippen LogP contribution in [0.4, 0.5) is 0 Å². The average molecular weight is 457 g/mol. The van der Waals surface area contributed by atoms with Crippen molar-refractivity contribution in [2.45, 2.75) is 50.3 Å². The predicted octanol–water partition coefficient (Wildman–Crippen LogP) is 4.37. The summed E-state index contributed by atoms with van der Waals surface area (Å²) >= 11 is 0.742. The largest absolute Gasteiger partial charge is 0.253 e. The molecule has 9 heteroatoms. The van der Waals surface area contributed by atoms with Gasteiger partial charge in [0.05, 0.1) is 9.79 Å². The molecule has 2 aromatic carbocycles. The van der Waals surface area contributed by atoms with Crippen LogP contribution in [0.3, 0.4) is 0 Å². The van der Waals surface area contributed by atoms with Gasteiger partial charge in [-0.25, -0.2) is 16.8 Å². The monoisotopic (exact) mass is 456 g/mol. The van der Waals surface area contributed by atoms with E-state index in [2.05, 4.69) is 0 Å². The molecule has 0 unspecified atom stereocenters. The normalized spacial score (nSPS) is 12.6. The minimum absolute atomic E-state index is 0.147. The lowest BCUT2D eigenvalue weighted by Crippen LogP contribution is -2.34. The fourth-order valence-corrected chi connectivity index (χ4v) is 7.37. The van der Waals surface area contributed by atoms with E-state index >= 15 is 0 Å². The van der Waals surface area contributed by atoms with E-state index in [4.69, 9.17) is 0 Å². The lowest BCUT2D eigenvalue weighted by Gasteiger charge is -2.27. The SMILES string of the molecule is CCCN(SN(CCC)S(=O)(=O)c1ccc(C)cc1)S(=O)(=O)c1ccc(C)cc1. The fourth-order valence-electron chi connectivity index (χ4n) is 2.53. The first-order chi connectivity index (χ1) is 13.6. The highest BCUT2D eigenvalue weighted by atomic mass is 32.3. The van der Waals surface area contributed by atoms with Crippen LogP contribution in [0.2, 0.25) is 0 Å². The van der Waals surface area contributed by atoms with E-state index in [0.717, 1.165) is 23.3 Å². The molecule has 0 heterocycles. The van der Waals surface area contributed by atoms with E-state index in [1.807, 2.05) is 27.7 Å². The highest BCUT2D eigenvalue weighted by Crippen LogP contribution is 2.31. The quantitative estimate of drug-likeness (QED) is 0.496. The summed E-state index contributed by atoms with van der Waals surface area (Å²) in [7, 11) is -7.70. The van der Waals surface area contributed by atoms with Crippen molar-refractivity contribution in [1.82, 2.24) is 7.42 Å². The summed E-state index contributed by atoms with van der Waals surface area (Å²) < 4.78 is 55.0. The molecule has 0 spiro atoms. The second kappa shape index (κ2) is 10.1. The summed E-state index contributed by atoms with van der Waals surface area (Å²) in [6, 6.07) is 13.1. The summed E-state index contributed by atoms with van der Waals surface area (Å²) in [5.74, 6) is 0. The van der Waals surface area contributed by atoms with Crippen molar-refractivity contribution in [2.75, 3.05) is 13.1 Å². The van der Waals surface area contributed by atoms with Crippen LogP contribution in [0.5, 0.6) is 0 Å². The van der Waals surface area contributed by atoms with Crippen molar-refractivity contribution in [3.8, 4) is 0 Å². The van der Waals surface area contributed by atoms with E-state index in [1.165, 1.54) is 7.42 Å². The Kier molecular flexibility index (Phi) is 8.30. The van der Waals surface area contributed by atoms with E-state index < -0.39 is 20.0 Å². The van der Waals surface area contributed by atoms with Crippen molar-refractivity contribution in [2.24, 2.45) is 0 Å². The van der Waals surface area contributed by atoms with Gasteiger partial charge in [0.1, 0.15) is 0 Å². The van der Waals surface area contributed by atoms with Gasteiger partial charge in [0, 0.05) is 25.2 Å². The Morgan fingerprint density at radius 2 is 0.966 bits per heavy atom. The zero-order valence-corrected chi connectivity index (χ0v) is 19.6. The molecule has 0 aromatic heterocycles. The Bertz CT molecular complexity index is 919. The Balaban J connectivity index is 2.40. The summed E-state index contributed by atoms with van der Waals surface area (Å²) in [4.78, 5) is 0.293. The van der Waals surface area contributed by atoms with Gasteiger partial charge in [-0.15, -0.1) is 7.42 Å². The van der Waals surface area contributed by atoms with Crippen molar-refractivity contribution in [3.63, 3.8) is 0 Å². The Morgan fingerprint density at radius 1 is 0.655 bits per heavy atom. The number of sulfonamides is 2. The molecular formula is C20H28N2O4S3. The highest BCUT2D eigenvalue weighted by Gasteiger charge is 2.32. The van der Waals surface area contributed by atoms with Gasteiger partial charge in [0.15, 0.2) is 0 Å². The molecule has 0 atom stereocenters. The van der Waals surface area contributed by atoms with Crippen LogP contribution in [-0.4, -0.2) is 37.3 Å². The van der Waals surface area contributed by atoms with E-state index in [0.29, 0.717) is 12.8 Å². The van der Waals surface area contributed by atoms with Crippen LogP contribution < -0.4 is 0 Å². The molecule has 0 saturated carbocycles. The maximum Gasteiger partial charge on any atom is 0.253 e. The van der Waals surface area contributed by atoms with Crippen molar-refractivity contribution < 1.29 is 16.8 Å². The third-order valence-electron chi connectivity index (χ3n) is 4.17. The van der Waals surface area contributed by atoms with Crippen LogP contribution in [0.25, 0.3) is 0 Å². The van der Waals surface area contributed by atoms with Gasteiger partial charge in [-0.3, -0.25) is 0 Å². The molecule has 0 aliphatic carbocycles. The number of aryl methyl sites for hydroxylation is 2. The van der Waals surface area contributed by atoms with Gasteiger partial charge in [-0.1, -0.05) is 49.2 Å². The van der Waals surface area contributed by atoms with Crippen LogP contribution in [0.1, 0.15) is 37.8 Å². The molecule has 0 amide bonds. The Morgan fingerprint density at radius 3 is 1.24 bits per heavy atom. The molecule has 29 heavy (non-hydrogen) atoms. The van der Waals surface area contributed by atoms with Crippen LogP contribution >= 0.6 is 12.1 Å². The molecule has 2 aromatic rings. The fraction of sp³-hybridized carbons (Fsp3) is 0.400. The van der Waals surface area contributed by atoms with Gasteiger partial charge >= 0.3 is 0 Å². The first-order valence-corrected chi connectivity index (χ1v) is 13.1. The first kappa shape index (κ1) is 23.9. The van der Waals surface area contributed by atoms with Crippen molar-refractivity contribution in [1.29, 1.82) is 0 Å². The summed E-state index contributed by atoms with van der Waals surface area (Å²) in [5, 5.41) is 0. The average Bonchev–Trinajstić information content (AvgIpc) is 2.67. The smallest absolute Gasteiger partial charge is 0.206 e. The maximum atomic E-state index is 13.2. The summed E-state index contributed by atoms with van der Waals surface area (Å²) in [5.41, 5.74) is 1.90. The zero-order chi connectivity index (χ0) is 21.7. The molecule has 2 rings (SSSR count). The molecule has 0 fully saturated rings. The highest BCUT2D eigenvalue weighted by molar-refractivity contribution is 8.13. The number of hydrogen-bond acceptors (Lipinski definition) is 5. The van der Waals surface area contributed by atoms with Gasteiger partial charge in [-0.05, 0) is 51.0 Å². The minimum atomic E-state index is -3.85. The van der Waals surface area contributed by atoms with Crippen LogP contribution in [0, 0.1) is 13.8 Å². The second-order valence-corrected chi connectivity index (χ2v) is 12.0. The third-order valence-corrected chi connectivity index (χ3v) is 9.65. The van der Waals surface area contributed by atoms with Gasteiger partial charge < -0.3 is 0 Å². The summed E-state index contributed by atoms with van der Waals surface area (Å²) in [6.45, 7) is 7.88. The molecule has 0 N–H and O–H groups in total. The Labute approximate surface area is 179 Å². The topological polar surface area (TPSA) is 74.8 Å². The minimum Gasteiger partial charge on any atom is -0.206 e. The zero-order valence-electron chi connectivity index (χ0n) is 17.2. The number of benzene rings is 2. The van der Waals surface area contributed by atoms with Crippen molar-refractivity contribution in [3.05, 3.63) is 59.7 Å². The lowest BCUT2D eigenvalue weighted by atomic mass is 10.2. The van der Waals surface area contributed by atoms with E-state index in [1.54, 1.807) is 48.5 Å². The second-order valence-electron chi connectivity index (χ2n) is 6.77. The molecule has 0 radical (unpaired) electrons. The van der Waals surface area contributed by atoms with Gasteiger partial charge in [0.25, 0.3) is 20.0 Å². The predicted molar refractivity (Wildman–Crippen MR) is 118 cm³/mol. The first-order valence-electron chi connectivity index (χ1n) is 9.49. The standard InChI is InChI=1S/C20H28N2O4S3/c1-5-15-21(28(23,24)19-11-7-17(3)8-12-19)27-22(16-6-2)29(25,26)20-13-9-18(4)10-14-20/h7-14H,5-6,15-16H2,1-4H3. The van der Waals surface area contributed by atoms with Gasteiger partial charge in [-0.2, -0.15) is 0 Å². The number of hydrogen-bond donors (Lipinski definition) is 0. The molecule has 0 bridgehead atoms. The molecule has 6 nitrogen and oxygen atoms in total. The number of nitrogens with zero attached hydrogens (tertiary/aromatic N) is 2. The van der Waals surface area contributed by atoms with Gasteiger partial charge in [0.2, 0.25) is 0 Å². The molecule has 0 aliphatic heterocycles. The van der Waals surface area contributed by atoms with Crippen LogP contribution in [0.15, 0.2) is 58.3 Å². The van der Waals surface area contributed by atoms with E-state index in [-0.39, 0.29) is 22.9 Å². The molecule has 160 valence electrons. The van der Waals surface area contributed by atoms with E-state index in [9.17, 15) is 16.8 Å². The Hall–Kier alpha value is -1.39. The maximum absolute atomic E-state index is 13.2. The molecular weight excluding hydrogens is 428 g/mol. The summed E-state index contributed by atoms with van der Waals surface area (Å²) in [6.07, 6.45) is 1.12.